The maximum atomic E-state index is 5.51. The van der Waals surface area contributed by atoms with Gasteiger partial charge in [-0.2, -0.15) is 0 Å². The van der Waals surface area contributed by atoms with Gasteiger partial charge in [0.05, 0.1) is 6.61 Å². The monoisotopic (exact) mass is 154 g/mol. The summed E-state index contributed by atoms with van der Waals surface area (Å²) in [5, 5.41) is 6.69. The summed E-state index contributed by atoms with van der Waals surface area (Å²) in [6.45, 7) is 6.69. The zero-order valence-electron chi connectivity index (χ0n) is 6.60. The highest BCUT2D eigenvalue weighted by molar-refractivity contribution is 5.09. The Kier molecular flexibility index (Phi) is 1.94. The molecule has 3 aliphatic rings. The average Bonchev–Trinajstić information content (AvgIpc) is 2.01. The average molecular weight is 154 g/mol. The van der Waals surface area contributed by atoms with E-state index in [1.54, 1.807) is 0 Å². The number of fused-ring (bicyclic) bond motifs is 5. The summed E-state index contributed by atoms with van der Waals surface area (Å²) in [6, 6.07) is 0.468. The van der Waals surface area contributed by atoms with Crippen LogP contribution in [-0.2, 0) is 4.74 Å². The number of nitrogens with one attached hydrogen (secondary N) is 2. The van der Waals surface area contributed by atoms with Crippen molar-refractivity contribution in [3.63, 3.8) is 0 Å². The molecule has 0 aliphatic carbocycles. The minimum atomic E-state index is 0.222. The first-order valence-corrected chi connectivity index (χ1v) is 4.12. The van der Waals surface area contributed by atoms with Gasteiger partial charge in [-0.1, -0.05) is 12.2 Å². The molecule has 62 valence electrons. The second-order valence-corrected chi connectivity index (χ2v) is 3.14. The molecule has 0 amide bonds. The number of rotatable bonds is 0. The van der Waals surface area contributed by atoms with Gasteiger partial charge in [-0.3, -0.25) is 5.32 Å². The van der Waals surface area contributed by atoms with Crippen molar-refractivity contribution < 1.29 is 4.74 Å². The largest absolute Gasteiger partial charge is 0.362 e. The third-order valence-corrected chi connectivity index (χ3v) is 2.33. The van der Waals surface area contributed by atoms with Gasteiger partial charge in [-0.05, 0) is 6.42 Å². The normalized spacial score (nSPS) is 38.4. The molecule has 2 bridgehead atoms. The molecule has 11 heavy (non-hydrogen) atoms. The maximum Gasteiger partial charge on any atom is 0.120 e. The fourth-order valence-corrected chi connectivity index (χ4v) is 1.56. The first kappa shape index (κ1) is 7.28. The minimum Gasteiger partial charge on any atom is -0.362 e. The van der Waals surface area contributed by atoms with Crippen LogP contribution in [0.5, 0.6) is 0 Å². The first-order valence-electron chi connectivity index (χ1n) is 4.12. The fourth-order valence-electron chi connectivity index (χ4n) is 1.56. The van der Waals surface area contributed by atoms with E-state index in [0.29, 0.717) is 6.04 Å². The zero-order valence-corrected chi connectivity index (χ0v) is 6.60. The van der Waals surface area contributed by atoms with Crippen molar-refractivity contribution in [2.45, 2.75) is 18.7 Å². The van der Waals surface area contributed by atoms with Crippen molar-refractivity contribution in [2.75, 3.05) is 19.7 Å². The van der Waals surface area contributed by atoms with Crippen LogP contribution in [-0.4, -0.2) is 32.0 Å². The smallest absolute Gasteiger partial charge is 0.120 e. The molecule has 3 nitrogen and oxygen atoms in total. The number of hydrogen-bond acceptors (Lipinski definition) is 3. The van der Waals surface area contributed by atoms with Gasteiger partial charge in [0.2, 0.25) is 0 Å². The Morgan fingerprint density at radius 2 is 2.27 bits per heavy atom. The van der Waals surface area contributed by atoms with E-state index in [1.807, 2.05) is 0 Å². The molecule has 0 radical (unpaired) electrons. The van der Waals surface area contributed by atoms with Gasteiger partial charge < -0.3 is 10.1 Å². The molecule has 0 aromatic rings. The van der Waals surface area contributed by atoms with Crippen molar-refractivity contribution in [1.82, 2.24) is 10.6 Å². The van der Waals surface area contributed by atoms with Crippen LogP contribution in [0.15, 0.2) is 12.2 Å². The van der Waals surface area contributed by atoms with E-state index in [4.69, 9.17) is 4.74 Å². The van der Waals surface area contributed by atoms with Crippen molar-refractivity contribution in [3.8, 4) is 0 Å². The molecule has 3 rings (SSSR count). The summed E-state index contributed by atoms with van der Waals surface area (Å²) in [4.78, 5) is 0. The highest BCUT2D eigenvalue weighted by atomic mass is 16.5. The van der Waals surface area contributed by atoms with Gasteiger partial charge in [0.15, 0.2) is 0 Å². The van der Waals surface area contributed by atoms with Gasteiger partial charge in [-0.25, -0.2) is 0 Å². The minimum absolute atomic E-state index is 0.222. The van der Waals surface area contributed by atoms with E-state index in [-0.39, 0.29) is 6.23 Å². The standard InChI is InChI=1S/C8H14N2O/c1-6-2-3-11-8-5-9-7(6)4-10-8/h7-10H,1-5H2. The second kappa shape index (κ2) is 2.93. The summed E-state index contributed by atoms with van der Waals surface area (Å²) in [7, 11) is 0. The summed E-state index contributed by atoms with van der Waals surface area (Å²) in [5.41, 5.74) is 1.26. The molecule has 2 N–H and O–H groups in total. The van der Waals surface area contributed by atoms with Gasteiger partial charge in [0.1, 0.15) is 6.23 Å². The number of hydrogen-bond donors (Lipinski definition) is 2. The second-order valence-electron chi connectivity index (χ2n) is 3.14. The van der Waals surface area contributed by atoms with Crippen molar-refractivity contribution in [1.29, 1.82) is 0 Å². The third kappa shape index (κ3) is 1.45. The molecule has 3 heteroatoms. The van der Waals surface area contributed by atoms with Crippen LogP contribution in [0.2, 0.25) is 0 Å². The van der Waals surface area contributed by atoms with Crippen LogP contribution < -0.4 is 10.6 Å². The van der Waals surface area contributed by atoms with Gasteiger partial charge in [0.25, 0.3) is 0 Å². The molecule has 0 aromatic carbocycles. The molecule has 0 aromatic heterocycles. The molecule has 0 spiro atoms. The third-order valence-electron chi connectivity index (χ3n) is 2.33. The number of piperazine rings is 1. The molecular weight excluding hydrogens is 140 g/mol. The van der Waals surface area contributed by atoms with Gasteiger partial charge in [-0.15, -0.1) is 0 Å². The Morgan fingerprint density at radius 3 is 3.00 bits per heavy atom. The summed E-state index contributed by atoms with van der Waals surface area (Å²) >= 11 is 0. The van der Waals surface area contributed by atoms with Crippen molar-refractivity contribution in [3.05, 3.63) is 12.2 Å². The van der Waals surface area contributed by atoms with Crippen molar-refractivity contribution >= 4 is 0 Å². The summed E-state index contributed by atoms with van der Waals surface area (Å²) in [5.74, 6) is 0. The molecule has 3 heterocycles. The zero-order chi connectivity index (χ0) is 7.68. The predicted molar refractivity (Wildman–Crippen MR) is 43.3 cm³/mol. The Labute approximate surface area is 66.8 Å². The maximum absolute atomic E-state index is 5.51. The van der Waals surface area contributed by atoms with E-state index in [1.165, 1.54) is 5.57 Å². The lowest BCUT2D eigenvalue weighted by atomic mass is 10.0. The van der Waals surface area contributed by atoms with Crippen molar-refractivity contribution in [2.24, 2.45) is 0 Å². The molecule has 2 atom stereocenters. The Balaban J connectivity index is 2.05. The summed E-state index contributed by atoms with van der Waals surface area (Å²) in [6.07, 6.45) is 1.22. The fraction of sp³-hybridized carbons (Fsp3) is 0.750. The summed E-state index contributed by atoms with van der Waals surface area (Å²) < 4.78 is 5.51. The Bertz CT molecular complexity index is 159. The van der Waals surface area contributed by atoms with E-state index in [9.17, 15) is 0 Å². The van der Waals surface area contributed by atoms with Gasteiger partial charge in [0, 0.05) is 19.1 Å². The molecular formula is C8H14N2O. The molecule has 0 saturated carbocycles. The van der Waals surface area contributed by atoms with Gasteiger partial charge >= 0.3 is 0 Å². The SMILES string of the molecule is C=C1CCOC2CNC1CN2. The lowest BCUT2D eigenvalue weighted by Crippen LogP contribution is -2.57. The van der Waals surface area contributed by atoms with E-state index in [0.717, 1.165) is 26.1 Å². The first-order chi connectivity index (χ1) is 5.36. The van der Waals surface area contributed by atoms with Crippen LogP contribution in [0.25, 0.3) is 0 Å². The van der Waals surface area contributed by atoms with Crippen LogP contribution in [0, 0.1) is 0 Å². The molecule has 3 fully saturated rings. The Hall–Kier alpha value is -0.380. The molecule has 2 unspecified atom stereocenters. The van der Waals surface area contributed by atoms with Crippen LogP contribution >= 0.6 is 0 Å². The van der Waals surface area contributed by atoms with E-state index < -0.39 is 0 Å². The lowest BCUT2D eigenvalue weighted by Gasteiger charge is -2.35. The Morgan fingerprint density at radius 1 is 1.36 bits per heavy atom. The van der Waals surface area contributed by atoms with Crippen LogP contribution in [0.1, 0.15) is 6.42 Å². The quantitative estimate of drug-likeness (QED) is 0.476. The highest BCUT2D eigenvalue weighted by Gasteiger charge is 2.24. The molecule has 3 aliphatic heterocycles. The topological polar surface area (TPSA) is 33.3 Å². The lowest BCUT2D eigenvalue weighted by molar-refractivity contribution is 0.00690. The van der Waals surface area contributed by atoms with E-state index in [2.05, 4.69) is 17.2 Å². The van der Waals surface area contributed by atoms with E-state index >= 15 is 0 Å². The van der Waals surface area contributed by atoms with Crippen LogP contribution in [0.3, 0.4) is 0 Å². The highest BCUT2D eigenvalue weighted by Crippen LogP contribution is 2.12. The number of ether oxygens (including phenoxy) is 1. The van der Waals surface area contributed by atoms with Crippen LogP contribution in [0.4, 0.5) is 0 Å². The molecule has 3 saturated heterocycles. The predicted octanol–water partition coefficient (Wildman–Crippen LogP) is -0.150.